The molecule has 0 atom stereocenters. The van der Waals surface area contributed by atoms with Gasteiger partial charge in [0.05, 0.1) is 4.47 Å². The van der Waals surface area contributed by atoms with E-state index in [2.05, 4.69) is 47.2 Å². The molecule has 116 valence electrons. The summed E-state index contributed by atoms with van der Waals surface area (Å²) in [5.41, 5.74) is 3.70. The molecule has 1 rings (SSSR count). The maximum Gasteiger partial charge on any atom is 0.277 e. The standard InChI is InChI=1S/C16H23BrN2O2/c1-11(2)9-18-19-15(20)10-21-14-7-6-12(8-13(14)17)16(3,4)5/h6-9,11H,10H2,1-5H3,(H,19,20)/b18-9+. The number of benzene rings is 1. The van der Waals surface area contributed by atoms with Gasteiger partial charge < -0.3 is 4.74 Å². The lowest BCUT2D eigenvalue weighted by molar-refractivity contribution is -0.123. The topological polar surface area (TPSA) is 50.7 Å². The summed E-state index contributed by atoms with van der Waals surface area (Å²) in [5.74, 6) is 0.662. The molecule has 4 nitrogen and oxygen atoms in total. The number of amides is 1. The van der Waals surface area contributed by atoms with E-state index >= 15 is 0 Å². The highest BCUT2D eigenvalue weighted by Crippen LogP contribution is 2.31. The number of nitrogens with zero attached hydrogens (tertiary/aromatic N) is 1. The van der Waals surface area contributed by atoms with Crippen LogP contribution in [0.2, 0.25) is 0 Å². The average molecular weight is 355 g/mol. The van der Waals surface area contributed by atoms with Gasteiger partial charge >= 0.3 is 0 Å². The zero-order valence-corrected chi connectivity index (χ0v) is 14.8. The average Bonchev–Trinajstić information content (AvgIpc) is 2.35. The normalized spacial score (nSPS) is 12.0. The van der Waals surface area contributed by atoms with Gasteiger partial charge in [-0.2, -0.15) is 5.10 Å². The fourth-order valence-electron chi connectivity index (χ4n) is 1.52. The van der Waals surface area contributed by atoms with Crippen LogP contribution in [-0.4, -0.2) is 18.7 Å². The van der Waals surface area contributed by atoms with Crippen molar-refractivity contribution >= 4 is 28.1 Å². The first-order valence-corrected chi connectivity index (χ1v) is 7.74. The Kier molecular flexibility index (Phi) is 6.40. The van der Waals surface area contributed by atoms with E-state index in [1.54, 1.807) is 6.21 Å². The highest BCUT2D eigenvalue weighted by Gasteiger charge is 2.15. The molecular weight excluding hydrogens is 332 g/mol. The lowest BCUT2D eigenvalue weighted by Crippen LogP contribution is -2.25. The van der Waals surface area contributed by atoms with Gasteiger partial charge in [0.25, 0.3) is 5.91 Å². The Balaban J connectivity index is 2.58. The van der Waals surface area contributed by atoms with Crippen LogP contribution in [0, 0.1) is 5.92 Å². The van der Waals surface area contributed by atoms with Crippen LogP contribution in [0.25, 0.3) is 0 Å². The van der Waals surface area contributed by atoms with Crippen LogP contribution >= 0.6 is 15.9 Å². The highest BCUT2D eigenvalue weighted by molar-refractivity contribution is 9.10. The van der Waals surface area contributed by atoms with E-state index in [1.165, 1.54) is 5.56 Å². The first-order chi connectivity index (χ1) is 9.70. The van der Waals surface area contributed by atoms with E-state index in [0.29, 0.717) is 11.7 Å². The zero-order chi connectivity index (χ0) is 16.0. The third-order valence-corrected chi connectivity index (χ3v) is 3.34. The summed E-state index contributed by atoms with van der Waals surface area (Å²) in [5, 5.41) is 3.84. The third kappa shape index (κ3) is 6.29. The van der Waals surface area contributed by atoms with E-state index in [-0.39, 0.29) is 17.9 Å². The molecule has 0 aliphatic rings. The van der Waals surface area contributed by atoms with E-state index < -0.39 is 0 Å². The van der Waals surface area contributed by atoms with Crippen molar-refractivity contribution in [1.82, 2.24) is 5.43 Å². The Morgan fingerprint density at radius 2 is 2.10 bits per heavy atom. The molecule has 0 unspecified atom stereocenters. The van der Waals surface area contributed by atoms with Gasteiger partial charge in [-0.3, -0.25) is 4.79 Å². The summed E-state index contributed by atoms with van der Waals surface area (Å²) in [4.78, 5) is 11.6. The summed E-state index contributed by atoms with van der Waals surface area (Å²) < 4.78 is 6.33. The van der Waals surface area contributed by atoms with Crippen LogP contribution in [0.1, 0.15) is 40.2 Å². The van der Waals surface area contributed by atoms with Crippen molar-refractivity contribution in [2.75, 3.05) is 6.61 Å². The van der Waals surface area contributed by atoms with Gasteiger partial charge in [0, 0.05) is 6.21 Å². The second kappa shape index (κ2) is 7.59. The van der Waals surface area contributed by atoms with Crippen molar-refractivity contribution in [2.24, 2.45) is 11.0 Å². The van der Waals surface area contributed by atoms with Crippen LogP contribution in [-0.2, 0) is 10.2 Å². The minimum Gasteiger partial charge on any atom is -0.483 e. The summed E-state index contributed by atoms with van der Waals surface area (Å²) in [6, 6.07) is 5.90. The number of hydrazone groups is 1. The maximum atomic E-state index is 11.6. The molecule has 0 fully saturated rings. The van der Waals surface area contributed by atoms with Gasteiger partial charge in [-0.05, 0) is 45.0 Å². The Labute approximate surface area is 135 Å². The second-order valence-electron chi connectivity index (χ2n) is 6.24. The van der Waals surface area contributed by atoms with Crippen molar-refractivity contribution in [2.45, 2.75) is 40.0 Å². The van der Waals surface area contributed by atoms with Gasteiger partial charge in [0.15, 0.2) is 6.61 Å². The van der Waals surface area contributed by atoms with E-state index in [4.69, 9.17) is 4.74 Å². The molecule has 0 aromatic heterocycles. The highest BCUT2D eigenvalue weighted by atomic mass is 79.9. The SMILES string of the molecule is CC(C)/C=N/NC(=O)COc1ccc(C(C)(C)C)cc1Br. The van der Waals surface area contributed by atoms with Gasteiger partial charge in [0.2, 0.25) is 0 Å². The molecule has 0 radical (unpaired) electrons. The van der Waals surface area contributed by atoms with Gasteiger partial charge in [-0.25, -0.2) is 5.43 Å². The van der Waals surface area contributed by atoms with Crippen molar-refractivity contribution in [3.05, 3.63) is 28.2 Å². The van der Waals surface area contributed by atoms with Gasteiger partial charge in [0.1, 0.15) is 5.75 Å². The molecule has 1 amide bonds. The Bertz CT molecular complexity index is 519. The summed E-state index contributed by atoms with van der Waals surface area (Å²) in [6.07, 6.45) is 1.67. The summed E-state index contributed by atoms with van der Waals surface area (Å²) >= 11 is 3.48. The predicted molar refractivity (Wildman–Crippen MR) is 89.8 cm³/mol. The first-order valence-electron chi connectivity index (χ1n) is 6.95. The Morgan fingerprint density at radius 1 is 1.43 bits per heavy atom. The first kappa shape index (κ1) is 17.7. The monoisotopic (exact) mass is 354 g/mol. The lowest BCUT2D eigenvalue weighted by Gasteiger charge is -2.20. The third-order valence-electron chi connectivity index (χ3n) is 2.72. The molecule has 21 heavy (non-hydrogen) atoms. The lowest BCUT2D eigenvalue weighted by atomic mass is 9.87. The molecule has 0 heterocycles. The summed E-state index contributed by atoms with van der Waals surface area (Å²) in [6.45, 7) is 10.4. The van der Waals surface area contributed by atoms with Crippen LogP contribution in [0.3, 0.4) is 0 Å². The molecule has 0 bridgehead atoms. The number of nitrogens with one attached hydrogen (secondary N) is 1. The number of carbonyl (C=O) groups excluding carboxylic acids is 1. The predicted octanol–water partition coefficient (Wildman–Crippen LogP) is 3.88. The minimum absolute atomic E-state index is 0.0666. The van der Waals surface area contributed by atoms with Crippen molar-refractivity contribution in [3.8, 4) is 5.75 Å². The number of ether oxygens (including phenoxy) is 1. The van der Waals surface area contributed by atoms with Crippen molar-refractivity contribution in [1.29, 1.82) is 0 Å². The molecule has 0 aliphatic carbocycles. The maximum absolute atomic E-state index is 11.6. The molecule has 1 aromatic carbocycles. The number of rotatable bonds is 5. The van der Waals surface area contributed by atoms with Crippen LogP contribution in [0.5, 0.6) is 5.75 Å². The van der Waals surface area contributed by atoms with Gasteiger partial charge in [-0.15, -0.1) is 0 Å². The minimum atomic E-state index is -0.279. The fourth-order valence-corrected chi connectivity index (χ4v) is 2.01. The zero-order valence-electron chi connectivity index (χ0n) is 13.2. The van der Waals surface area contributed by atoms with E-state index in [1.807, 2.05) is 32.0 Å². The second-order valence-corrected chi connectivity index (χ2v) is 7.10. The number of hydrogen-bond donors (Lipinski definition) is 1. The van der Waals surface area contributed by atoms with Gasteiger partial charge in [-0.1, -0.05) is 40.7 Å². The molecule has 1 N–H and O–H groups in total. The Hall–Kier alpha value is -1.36. The van der Waals surface area contributed by atoms with Crippen molar-refractivity contribution in [3.63, 3.8) is 0 Å². The number of carbonyl (C=O) groups is 1. The number of halogens is 1. The molecule has 0 spiro atoms. The molecular formula is C16H23BrN2O2. The van der Waals surface area contributed by atoms with E-state index in [0.717, 1.165) is 4.47 Å². The fraction of sp³-hybridized carbons (Fsp3) is 0.500. The van der Waals surface area contributed by atoms with Crippen LogP contribution in [0.15, 0.2) is 27.8 Å². The molecule has 5 heteroatoms. The quantitative estimate of drug-likeness (QED) is 0.644. The largest absolute Gasteiger partial charge is 0.483 e. The summed E-state index contributed by atoms with van der Waals surface area (Å²) in [7, 11) is 0. The molecule has 0 saturated carbocycles. The molecule has 1 aromatic rings. The van der Waals surface area contributed by atoms with E-state index in [9.17, 15) is 4.79 Å². The van der Waals surface area contributed by atoms with Crippen molar-refractivity contribution < 1.29 is 9.53 Å². The smallest absolute Gasteiger partial charge is 0.277 e. The molecule has 0 saturated heterocycles. The van der Waals surface area contributed by atoms with Crippen LogP contribution < -0.4 is 10.2 Å². The Morgan fingerprint density at radius 3 is 2.62 bits per heavy atom. The number of hydrogen-bond acceptors (Lipinski definition) is 3. The van der Waals surface area contributed by atoms with Crippen LogP contribution in [0.4, 0.5) is 0 Å². The molecule has 0 aliphatic heterocycles.